The number of fused-ring (bicyclic) bond motifs is 1. The molecule has 5 rings (SSSR count). The first-order valence-corrected chi connectivity index (χ1v) is 13.0. The quantitative estimate of drug-likeness (QED) is 0.583. The lowest BCUT2D eigenvalue weighted by molar-refractivity contribution is -0.123. The Balaban J connectivity index is 1.24. The van der Waals surface area contributed by atoms with Gasteiger partial charge in [0.1, 0.15) is 18.3 Å². The number of ether oxygens (including phenoxy) is 1. The molecule has 0 spiro atoms. The molecule has 2 N–H and O–H groups in total. The molecule has 0 bridgehead atoms. The molecular weight excluding hydrogens is 460 g/mol. The molecule has 2 aromatic rings. The molecule has 2 saturated carbocycles. The number of nitrogens with zero attached hydrogens (tertiary/aromatic N) is 2. The Kier molecular flexibility index (Phi) is 6.74. The third-order valence-corrected chi connectivity index (χ3v) is 7.84. The number of nitrogens with one attached hydrogen (secondary N) is 2. The van der Waals surface area contributed by atoms with E-state index >= 15 is 0 Å². The van der Waals surface area contributed by atoms with E-state index in [1.54, 1.807) is 6.20 Å². The number of hydrogen-bond acceptors (Lipinski definition) is 6. The topological polar surface area (TPSA) is 83.6 Å². The smallest absolute Gasteiger partial charge is 0.262 e. The van der Waals surface area contributed by atoms with E-state index in [2.05, 4.69) is 20.5 Å². The Morgan fingerprint density at radius 3 is 2.85 bits per heavy atom. The Bertz CT molecular complexity index is 1020. The van der Waals surface area contributed by atoms with Crippen molar-refractivity contribution in [1.82, 2.24) is 15.6 Å². The van der Waals surface area contributed by atoms with Gasteiger partial charge in [0.25, 0.3) is 5.91 Å². The summed E-state index contributed by atoms with van der Waals surface area (Å²) in [6.45, 7) is 1.92. The van der Waals surface area contributed by atoms with Gasteiger partial charge in [-0.2, -0.15) is 0 Å². The second-order valence-corrected chi connectivity index (χ2v) is 10.8. The van der Waals surface area contributed by atoms with Crippen molar-refractivity contribution in [2.45, 2.75) is 63.6 Å². The number of aromatic nitrogens is 1. The van der Waals surface area contributed by atoms with Gasteiger partial charge in [-0.05, 0) is 43.4 Å². The van der Waals surface area contributed by atoms with Crippen molar-refractivity contribution in [2.75, 3.05) is 18.1 Å². The van der Waals surface area contributed by atoms with Crippen LogP contribution in [0.25, 0.3) is 0 Å². The lowest BCUT2D eigenvalue weighted by atomic mass is 9.97. The van der Waals surface area contributed by atoms with Gasteiger partial charge in [-0.1, -0.05) is 37.3 Å². The molecule has 0 aromatic carbocycles. The van der Waals surface area contributed by atoms with E-state index in [4.69, 9.17) is 16.3 Å². The van der Waals surface area contributed by atoms with Crippen molar-refractivity contribution >= 4 is 40.4 Å². The Hall–Kier alpha value is -2.32. The second kappa shape index (κ2) is 9.89. The number of halogens is 1. The molecule has 176 valence electrons. The van der Waals surface area contributed by atoms with E-state index in [-0.39, 0.29) is 17.9 Å². The van der Waals surface area contributed by atoms with Crippen molar-refractivity contribution < 1.29 is 14.3 Å². The summed E-state index contributed by atoms with van der Waals surface area (Å²) < 4.78 is 5.63. The lowest BCUT2D eigenvalue weighted by Gasteiger charge is -2.30. The lowest BCUT2D eigenvalue weighted by Crippen LogP contribution is -2.48. The van der Waals surface area contributed by atoms with E-state index in [0.29, 0.717) is 34.8 Å². The molecule has 9 heteroatoms. The van der Waals surface area contributed by atoms with Crippen LogP contribution < -0.4 is 20.3 Å². The number of hydrogen-bond donors (Lipinski definition) is 2. The fourth-order valence-corrected chi connectivity index (χ4v) is 5.71. The largest absolute Gasteiger partial charge is 0.474 e. The molecule has 2 aromatic heterocycles. The van der Waals surface area contributed by atoms with Crippen molar-refractivity contribution in [3.05, 3.63) is 39.2 Å². The second-order valence-electron chi connectivity index (χ2n) is 9.21. The third kappa shape index (κ3) is 5.61. The summed E-state index contributed by atoms with van der Waals surface area (Å²) in [5.41, 5.74) is 0.863. The molecule has 7 nitrogen and oxygen atoms in total. The normalized spacial score (nSPS) is 19.0. The third-order valence-electron chi connectivity index (χ3n) is 6.56. The van der Waals surface area contributed by atoms with Crippen LogP contribution in [-0.2, 0) is 11.3 Å². The van der Waals surface area contributed by atoms with Gasteiger partial charge in [0, 0.05) is 17.1 Å². The van der Waals surface area contributed by atoms with Crippen LogP contribution in [0.5, 0.6) is 5.88 Å². The van der Waals surface area contributed by atoms with Crippen LogP contribution in [0, 0.1) is 5.92 Å². The number of pyridine rings is 1. The summed E-state index contributed by atoms with van der Waals surface area (Å²) >= 11 is 7.59. The Morgan fingerprint density at radius 2 is 2.06 bits per heavy atom. The van der Waals surface area contributed by atoms with Gasteiger partial charge >= 0.3 is 0 Å². The van der Waals surface area contributed by atoms with Crippen molar-refractivity contribution in [1.29, 1.82) is 0 Å². The summed E-state index contributed by atoms with van der Waals surface area (Å²) in [6.07, 6.45) is 9.10. The molecule has 3 heterocycles. The minimum atomic E-state index is -0.467. The molecule has 33 heavy (non-hydrogen) atoms. The van der Waals surface area contributed by atoms with Gasteiger partial charge in [0.2, 0.25) is 11.8 Å². The number of carbonyl (C=O) groups excluding carboxylic acids is 2. The first-order valence-electron chi connectivity index (χ1n) is 11.8. The molecule has 2 fully saturated rings. The van der Waals surface area contributed by atoms with E-state index < -0.39 is 6.04 Å². The molecule has 0 unspecified atom stereocenters. The minimum absolute atomic E-state index is 0.0381. The predicted octanol–water partition coefficient (Wildman–Crippen LogP) is 4.15. The highest BCUT2D eigenvalue weighted by molar-refractivity contribution is 7.14. The number of amides is 2. The maximum absolute atomic E-state index is 13.0. The Morgan fingerprint density at radius 1 is 1.24 bits per heavy atom. The highest BCUT2D eigenvalue weighted by Gasteiger charge is 2.31. The zero-order chi connectivity index (χ0) is 22.8. The fraction of sp³-hybridized carbons (Fsp3) is 0.542. The minimum Gasteiger partial charge on any atom is -0.474 e. The first-order chi connectivity index (χ1) is 16.0. The van der Waals surface area contributed by atoms with E-state index in [0.717, 1.165) is 49.2 Å². The first kappa shape index (κ1) is 22.5. The van der Waals surface area contributed by atoms with Crippen LogP contribution in [-0.4, -0.2) is 42.0 Å². The predicted molar refractivity (Wildman–Crippen MR) is 129 cm³/mol. The summed E-state index contributed by atoms with van der Waals surface area (Å²) in [4.78, 5) is 34.0. The molecule has 2 aliphatic carbocycles. The molecule has 1 aliphatic heterocycles. The van der Waals surface area contributed by atoms with Crippen molar-refractivity contribution in [3.63, 3.8) is 0 Å². The van der Waals surface area contributed by atoms with Crippen LogP contribution in [0.15, 0.2) is 24.4 Å². The maximum atomic E-state index is 13.0. The Labute approximate surface area is 202 Å². The standard InChI is InChI=1S/C24H29ClN4O3S/c25-16-12-20-24(26-13-16)32-10-9-29(20)14-18-7-8-21(33-18)23(31)28-19(11-15-3-1-2-4-15)22(30)27-17-5-6-17/h7-8,12-13,15,17,19H,1-6,9-11,14H2,(H,27,30)(H,28,31)/t19-/m0/s1. The molecule has 0 radical (unpaired) electrons. The molecule has 3 aliphatic rings. The molecule has 1 atom stereocenters. The number of thiophene rings is 1. The number of rotatable bonds is 8. The van der Waals surface area contributed by atoms with Crippen molar-refractivity contribution in [3.8, 4) is 5.88 Å². The van der Waals surface area contributed by atoms with E-state index in [9.17, 15) is 9.59 Å². The molecular formula is C24H29ClN4O3S. The van der Waals surface area contributed by atoms with Gasteiger partial charge < -0.3 is 20.3 Å². The summed E-state index contributed by atoms with van der Waals surface area (Å²) in [7, 11) is 0. The summed E-state index contributed by atoms with van der Waals surface area (Å²) in [5.74, 6) is 0.883. The van der Waals surface area contributed by atoms with Gasteiger partial charge in [0.15, 0.2) is 0 Å². The van der Waals surface area contributed by atoms with Crippen LogP contribution in [0.2, 0.25) is 5.02 Å². The van der Waals surface area contributed by atoms with Gasteiger partial charge in [-0.25, -0.2) is 4.98 Å². The van der Waals surface area contributed by atoms with E-state index in [1.807, 2.05) is 18.2 Å². The highest BCUT2D eigenvalue weighted by atomic mass is 35.5. The van der Waals surface area contributed by atoms with Crippen LogP contribution >= 0.6 is 22.9 Å². The summed E-state index contributed by atoms with van der Waals surface area (Å²) in [6, 6.07) is 5.50. The highest BCUT2D eigenvalue weighted by Crippen LogP contribution is 2.34. The zero-order valence-electron chi connectivity index (χ0n) is 18.5. The van der Waals surface area contributed by atoms with Crippen molar-refractivity contribution in [2.24, 2.45) is 5.92 Å². The molecule has 0 saturated heterocycles. The van der Waals surface area contributed by atoms with Crippen LogP contribution in [0.4, 0.5) is 5.69 Å². The number of carbonyl (C=O) groups is 2. The van der Waals surface area contributed by atoms with Crippen LogP contribution in [0.1, 0.15) is 59.5 Å². The van der Waals surface area contributed by atoms with E-state index in [1.165, 1.54) is 24.2 Å². The maximum Gasteiger partial charge on any atom is 0.262 e. The average molecular weight is 489 g/mol. The van der Waals surface area contributed by atoms with Gasteiger partial charge in [-0.15, -0.1) is 11.3 Å². The zero-order valence-corrected chi connectivity index (χ0v) is 20.1. The SMILES string of the molecule is O=C(N[C@@H](CC1CCCC1)C(=O)NC1CC1)c1ccc(CN2CCOc3ncc(Cl)cc32)s1. The van der Waals surface area contributed by atoms with Gasteiger partial charge in [0.05, 0.1) is 23.0 Å². The number of anilines is 1. The fourth-order valence-electron chi connectivity index (χ4n) is 4.63. The van der Waals surface area contributed by atoms with Crippen LogP contribution in [0.3, 0.4) is 0 Å². The monoisotopic (exact) mass is 488 g/mol. The summed E-state index contributed by atoms with van der Waals surface area (Å²) in [5, 5.41) is 6.67. The van der Waals surface area contributed by atoms with Gasteiger partial charge in [-0.3, -0.25) is 9.59 Å². The average Bonchev–Trinajstić information content (AvgIpc) is 3.25. The molecule has 2 amide bonds.